The van der Waals surface area contributed by atoms with Crippen molar-refractivity contribution in [2.24, 2.45) is 0 Å². The summed E-state index contributed by atoms with van der Waals surface area (Å²) in [6.45, 7) is 0.0944. The Bertz CT molecular complexity index is 1340. The minimum Gasteiger partial charge on any atom is -0.456 e. The van der Waals surface area contributed by atoms with E-state index in [-0.39, 0.29) is 23.6 Å². The van der Waals surface area contributed by atoms with Gasteiger partial charge in [0.1, 0.15) is 12.3 Å². The molecule has 1 N–H and O–H groups in total. The molecule has 0 saturated heterocycles. The predicted octanol–water partition coefficient (Wildman–Crippen LogP) is 3.82. The normalized spacial score (nSPS) is 11.5. The molecule has 2 aromatic carbocycles. The quantitative estimate of drug-likeness (QED) is 0.428. The molecule has 4 aromatic rings. The Labute approximate surface area is 184 Å². The lowest BCUT2D eigenvalue weighted by Gasteiger charge is -2.08. The molecule has 0 aliphatic rings. The predicted molar refractivity (Wildman–Crippen MR) is 116 cm³/mol. The van der Waals surface area contributed by atoms with Crippen molar-refractivity contribution in [3.8, 4) is 0 Å². The number of aromatic nitrogens is 2. The summed E-state index contributed by atoms with van der Waals surface area (Å²) in [5.41, 5.74) is 2.18. The van der Waals surface area contributed by atoms with Crippen molar-refractivity contribution in [3.63, 3.8) is 0 Å². The van der Waals surface area contributed by atoms with Crippen molar-refractivity contribution < 1.29 is 17.9 Å². The minimum absolute atomic E-state index is 0.0137. The summed E-state index contributed by atoms with van der Waals surface area (Å²) < 4.78 is 34.8. The fraction of sp³-hybridized carbons (Fsp3) is 0.0909. The second kappa shape index (κ2) is 8.89. The zero-order valence-electron chi connectivity index (χ0n) is 16.2. The summed E-state index contributed by atoms with van der Waals surface area (Å²) in [5, 5.41) is 0.562. The van der Waals surface area contributed by atoms with Crippen LogP contribution in [0, 0.1) is 0 Å². The molecular weight excluding hydrogens is 438 g/mol. The van der Waals surface area contributed by atoms with Gasteiger partial charge in [0.2, 0.25) is 10.0 Å². The van der Waals surface area contributed by atoms with Gasteiger partial charge < -0.3 is 9.14 Å². The van der Waals surface area contributed by atoms with Crippen molar-refractivity contribution in [1.82, 2.24) is 14.1 Å². The number of fused-ring (bicyclic) bond motifs is 1. The number of halogens is 1. The van der Waals surface area contributed by atoms with Crippen molar-refractivity contribution in [2.75, 3.05) is 0 Å². The van der Waals surface area contributed by atoms with Gasteiger partial charge in [0.25, 0.3) is 0 Å². The molecule has 0 amide bonds. The van der Waals surface area contributed by atoms with E-state index in [1.807, 2.05) is 30.3 Å². The number of hydrogen-bond acceptors (Lipinski definition) is 5. The highest BCUT2D eigenvalue weighted by atomic mass is 35.5. The third-order valence-corrected chi connectivity index (χ3v) is 6.13. The summed E-state index contributed by atoms with van der Waals surface area (Å²) in [7, 11) is -3.79. The highest BCUT2D eigenvalue weighted by Crippen LogP contribution is 2.15. The molecule has 158 valence electrons. The van der Waals surface area contributed by atoms with Crippen LogP contribution in [0.2, 0.25) is 5.02 Å². The molecule has 0 atom stereocenters. The maximum absolute atomic E-state index is 12.6. The van der Waals surface area contributed by atoms with Crippen molar-refractivity contribution in [3.05, 3.63) is 101 Å². The van der Waals surface area contributed by atoms with Crippen molar-refractivity contribution >= 4 is 33.2 Å². The Kier molecular flexibility index (Phi) is 6.03. The van der Waals surface area contributed by atoms with Crippen LogP contribution in [-0.2, 0) is 27.9 Å². The summed E-state index contributed by atoms with van der Waals surface area (Å²) in [6, 6.07) is 18.4. The first kappa shape index (κ1) is 21.0. The topological polar surface area (TPSA) is 89.8 Å². The van der Waals surface area contributed by atoms with E-state index in [9.17, 15) is 13.2 Å². The molecule has 0 spiro atoms. The fourth-order valence-electron chi connectivity index (χ4n) is 2.96. The van der Waals surface area contributed by atoms with Crippen molar-refractivity contribution in [2.45, 2.75) is 18.0 Å². The van der Waals surface area contributed by atoms with Gasteiger partial charge in [-0.25, -0.2) is 22.9 Å². The first-order valence-corrected chi connectivity index (χ1v) is 11.2. The Balaban J connectivity index is 1.43. The van der Waals surface area contributed by atoms with E-state index in [1.54, 1.807) is 28.9 Å². The second-order valence-corrected chi connectivity index (χ2v) is 8.96. The minimum atomic E-state index is -3.79. The van der Waals surface area contributed by atoms with E-state index in [1.165, 1.54) is 24.3 Å². The third-order valence-electron chi connectivity index (χ3n) is 4.51. The fourth-order valence-corrected chi connectivity index (χ4v) is 4.19. The summed E-state index contributed by atoms with van der Waals surface area (Å²) in [4.78, 5) is 16.8. The Morgan fingerprint density at radius 2 is 1.84 bits per heavy atom. The number of nitrogens with one attached hydrogen (secondary N) is 1. The average molecular weight is 456 g/mol. The SMILES string of the molecule is O=C(OCc1cn2cc(Cl)ccc2n1)c1cccc(S(=O)(=O)NCc2ccccc2)c1. The molecule has 0 aliphatic carbocycles. The molecule has 0 radical (unpaired) electrons. The first-order valence-electron chi connectivity index (χ1n) is 9.35. The molecule has 0 saturated carbocycles. The molecule has 2 aromatic heterocycles. The standard InChI is InChI=1S/C22H18ClN3O4S/c23-18-9-10-21-25-19(14-26(21)13-18)15-30-22(27)17-7-4-8-20(11-17)31(28,29)24-12-16-5-2-1-3-6-16/h1-11,13-14,24H,12,15H2. The van der Waals surface area contributed by atoms with Gasteiger partial charge >= 0.3 is 5.97 Å². The van der Waals surface area contributed by atoms with Crippen LogP contribution >= 0.6 is 11.6 Å². The number of benzene rings is 2. The number of carbonyl (C=O) groups excluding carboxylic acids is 1. The van der Waals surface area contributed by atoms with Gasteiger partial charge in [-0.05, 0) is 35.9 Å². The Morgan fingerprint density at radius 1 is 1.03 bits per heavy atom. The van der Waals surface area contributed by atoms with Crippen LogP contribution in [0.15, 0.2) is 84.0 Å². The van der Waals surface area contributed by atoms with Gasteiger partial charge in [-0.1, -0.05) is 48.0 Å². The number of ether oxygens (including phenoxy) is 1. The lowest BCUT2D eigenvalue weighted by Crippen LogP contribution is -2.23. The van der Waals surface area contributed by atoms with Gasteiger partial charge in [-0.15, -0.1) is 0 Å². The lowest BCUT2D eigenvalue weighted by molar-refractivity contribution is 0.0468. The van der Waals surface area contributed by atoms with E-state index in [4.69, 9.17) is 16.3 Å². The number of carbonyl (C=O) groups is 1. The van der Waals surface area contributed by atoms with Gasteiger partial charge in [-0.2, -0.15) is 0 Å². The van der Waals surface area contributed by atoms with E-state index in [2.05, 4.69) is 9.71 Å². The number of hydrogen-bond donors (Lipinski definition) is 1. The highest BCUT2D eigenvalue weighted by molar-refractivity contribution is 7.89. The zero-order chi connectivity index (χ0) is 21.8. The van der Waals surface area contributed by atoms with Crippen LogP contribution in [0.25, 0.3) is 5.65 Å². The number of pyridine rings is 1. The molecular formula is C22H18ClN3O4S. The molecule has 0 bridgehead atoms. The number of imidazole rings is 1. The monoisotopic (exact) mass is 455 g/mol. The van der Waals surface area contributed by atoms with Crippen LogP contribution in [0.5, 0.6) is 0 Å². The van der Waals surface area contributed by atoms with Crippen LogP contribution in [0.1, 0.15) is 21.6 Å². The summed E-state index contributed by atoms with van der Waals surface area (Å²) in [6.07, 6.45) is 3.41. The molecule has 9 heteroatoms. The molecule has 0 fully saturated rings. The maximum Gasteiger partial charge on any atom is 0.338 e. The number of esters is 1. The highest BCUT2D eigenvalue weighted by Gasteiger charge is 2.17. The van der Waals surface area contributed by atoms with E-state index in [0.717, 1.165) is 5.56 Å². The van der Waals surface area contributed by atoms with Crippen LogP contribution in [0.4, 0.5) is 0 Å². The molecule has 0 aliphatic heterocycles. The molecule has 0 unspecified atom stereocenters. The second-order valence-electron chi connectivity index (χ2n) is 6.76. The molecule has 2 heterocycles. The summed E-state index contributed by atoms with van der Waals surface area (Å²) in [5.74, 6) is -0.643. The largest absolute Gasteiger partial charge is 0.456 e. The van der Waals surface area contributed by atoms with E-state index in [0.29, 0.717) is 16.4 Å². The van der Waals surface area contributed by atoms with Crippen LogP contribution in [0.3, 0.4) is 0 Å². The Morgan fingerprint density at radius 3 is 2.65 bits per heavy atom. The number of sulfonamides is 1. The van der Waals surface area contributed by atoms with E-state index < -0.39 is 16.0 Å². The molecule has 7 nitrogen and oxygen atoms in total. The zero-order valence-corrected chi connectivity index (χ0v) is 17.8. The number of nitrogens with zero attached hydrogens (tertiary/aromatic N) is 2. The third kappa shape index (κ3) is 5.11. The lowest BCUT2D eigenvalue weighted by atomic mass is 10.2. The van der Waals surface area contributed by atoms with Crippen LogP contribution in [-0.4, -0.2) is 23.8 Å². The van der Waals surface area contributed by atoms with Gasteiger partial charge in [0, 0.05) is 18.9 Å². The van der Waals surface area contributed by atoms with Crippen LogP contribution < -0.4 is 4.72 Å². The van der Waals surface area contributed by atoms with Crippen molar-refractivity contribution in [1.29, 1.82) is 0 Å². The summed E-state index contributed by atoms with van der Waals surface area (Å²) >= 11 is 5.96. The maximum atomic E-state index is 12.6. The number of rotatable bonds is 7. The van der Waals surface area contributed by atoms with Gasteiger partial charge in [-0.3, -0.25) is 0 Å². The van der Waals surface area contributed by atoms with Gasteiger partial charge in [0.15, 0.2) is 0 Å². The smallest absolute Gasteiger partial charge is 0.338 e. The van der Waals surface area contributed by atoms with E-state index >= 15 is 0 Å². The van der Waals surface area contributed by atoms with Gasteiger partial charge in [0.05, 0.1) is 21.2 Å². The molecule has 4 rings (SSSR count). The molecule has 31 heavy (non-hydrogen) atoms. The average Bonchev–Trinajstić information content (AvgIpc) is 3.19. The Hall–Kier alpha value is -3.20. The first-order chi connectivity index (χ1) is 14.9.